The van der Waals surface area contributed by atoms with E-state index in [1.807, 2.05) is 60.7 Å². The number of benzene rings is 2. The molecule has 0 saturated heterocycles. The predicted octanol–water partition coefficient (Wildman–Crippen LogP) is 3.48. The van der Waals surface area contributed by atoms with E-state index in [0.717, 1.165) is 35.1 Å². The lowest BCUT2D eigenvalue weighted by atomic mass is 10.2. The molecule has 1 saturated carbocycles. The molecule has 27 heavy (non-hydrogen) atoms. The van der Waals surface area contributed by atoms with Gasteiger partial charge in [0.05, 0.1) is 12.4 Å². The summed E-state index contributed by atoms with van der Waals surface area (Å²) >= 11 is 1.36. The highest BCUT2D eigenvalue weighted by atomic mass is 32.2. The molecule has 1 fully saturated rings. The molecule has 1 heterocycles. The van der Waals surface area contributed by atoms with Gasteiger partial charge in [0.2, 0.25) is 0 Å². The van der Waals surface area contributed by atoms with Crippen LogP contribution in [0.3, 0.4) is 0 Å². The highest BCUT2D eigenvalue weighted by Gasteiger charge is 2.31. The monoisotopic (exact) mass is 380 g/mol. The first kappa shape index (κ1) is 17.8. The second-order valence-corrected chi connectivity index (χ2v) is 7.32. The van der Waals surface area contributed by atoms with Gasteiger partial charge in [-0.2, -0.15) is 0 Å². The molecular formula is C20H20N4O2S. The molecule has 138 valence electrons. The second-order valence-electron chi connectivity index (χ2n) is 6.37. The number of carbonyl (C=O) groups is 1. The van der Waals surface area contributed by atoms with Crippen LogP contribution in [0.4, 0.5) is 0 Å². The SMILES string of the molecule is O=C(CSc1nnc(C2CC2)n1-c1ccccc1)NOCc1ccccc1. The van der Waals surface area contributed by atoms with E-state index in [9.17, 15) is 4.79 Å². The van der Waals surface area contributed by atoms with E-state index >= 15 is 0 Å². The van der Waals surface area contributed by atoms with Gasteiger partial charge in [0, 0.05) is 11.6 Å². The second kappa shape index (κ2) is 8.37. The van der Waals surface area contributed by atoms with Gasteiger partial charge in [-0.15, -0.1) is 10.2 Å². The first-order chi connectivity index (χ1) is 13.3. The smallest absolute Gasteiger partial charge is 0.254 e. The number of para-hydroxylation sites is 1. The largest absolute Gasteiger partial charge is 0.274 e. The normalized spacial score (nSPS) is 13.5. The number of nitrogens with one attached hydrogen (secondary N) is 1. The molecular weight excluding hydrogens is 360 g/mol. The molecule has 4 rings (SSSR count). The van der Waals surface area contributed by atoms with Crippen LogP contribution >= 0.6 is 11.8 Å². The molecule has 0 unspecified atom stereocenters. The summed E-state index contributed by atoms with van der Waals surface area (Å²) in [5.41, 5.74) is 4.51. The molecule has 0 bridgehead atoms. The zero-order valence-corrected chi connectivity index (χ0v) is 15.6. The molecule has 0 spiro atoms. The Morgan fingerprint density at radius 2 is 1.78 bits per heavy atom. The number of rotatable bonds is 8. The summed E-state index contributed by atoms with van der Waals surface area (Å²) in [6, 6.07) is 19.7. The maximum Gasteiger partial charge on any atom is 0.254 e. The Morgan fingerprint density at radius 3 is 2.48 bits per heavy atom. The third-order valence-corrected chi connectivity index (χ3v) is 5.14. The Hall–Kier alpha value is -2.64. The van der Waals surface area contributed by atoms with E-state index in [4.69, 9.17) is 4.84 Å². The van der Waals surface area contributed by atoms with Crippen LogP contribution in [0.15, 0.2) is 65.8 Å². The van der Waals surface area contributed by atoms with Crippen molar-refractivity contribution in [3.05, 3.63) is 72.1 Å². The number of hydrogen-bond acceptors (Lipinski definition) is 5. The van der Waals surface area contributed by atoms with Crippen molar-refractivity contribution < 1.29 is 9.63 Å². The van der Waals surface area contributed by atoms with Crippen molar-refractivity contribution in [2.24, 2.45) is 0 Å². The fraction of sp³-hybridized carbons (Fsp3) is 0.250. The molecule has 1 amide bonds. The van der Waals surface area contributed by atoms with Gasteiger partial charge in [-0.05, 0) is 30.5 Å². The summed E-state index contributed by atoms with van der Waals surface area (Å²) in [4.78, 5) is 17.4. The van der Waals surface area contributed by atoms with Gasteiger partial charge in [0.25, 0.3) is 5.91 Å². The lowest BCUT2D eigenvalue weighted by molar-refractivity contribution is -0.131. The summed E-state index contributed by atoms with van der Waals surface area (Å²) in [6.45, 7) is 0.337. The predicted molar refractivity (Wildman–Crippen MR) is 103 cm³/mol. The standard InChI is InChI=1S/C20H20N4O2S/c25-18(23-26-13-15-7-3-1-4-8-15)14-27-20-22-21-19(16-11-12-16)24(20)17-9-5-2-6-10-17/h1-10,16H,11-14H2,(H,23,25). The highest BCUT2D eigenvalue weighted by molar-refractivity contribution is 7.99. The number of carbonyl (C=O) groups excluding carboxylic acids is 1. The summed E-state index contributed by atoms with van der Waals surface area (Å²) in [5.74, 6) is 1.45. The van der Waals surface area contributed by atoms with Gasteiger partial charge >= 0.3 is 0 Å². The van der Waals surface area contributed by atoms with Crippen molar-refractivity contribution in [3.63, 3.8) is 0 Å². The number of aromatic nitrogens is 3. The Balaban J connectivity index is 1.36. The number of hydroxylamine groups is 1. The molecule has 6 nitrogen and oxygen atoms in total. The maximum atomic E-state index is 12.1. The van der Waals surface area contributed by atoms with Gasteiger partial charge in [-0.25, -0.2) is 5.48 Å². The summed E-state index contributed by atoms with van der Waals surface area (Å²) in [7, 11) is 0. The van der Waals surface area contributed by atoms with Crippen LogP contribution in [-0.4, -0.2) is 26.4 Å². The lowest BCUT2D eigenvalue weighted by Gasteiger charge is -2.10. The first-order valence-electron chi connectivity index (χ1n) is 8.89. The molecule has 7 heteroatoms. The lowest BCUT2D eigenvalue weighted by Crippen LogP contribution is -2.25. The molecule has 3 aromatic rings. The van der Waals surface area contributed by atoms with E-state index in [-0.39, 0.29) is 11.7 Å². The Bertz CT molecular complexity index is 895. The van der Waals surface area contributed by atoms with Crippen LogP contribution in [0.25, 0.3) is 5.69 Å². The van der Waals surface area contributed by atoms with Crippen LogP contribution < -0.4 is 5.48 Å². The van der Waals surface area contributed by atoms with Crippen LogP contribution in [0.1, 0.15) is 30.1 Å². The van der Waals surface area contributed by atoms with Crippen molar-refractivity contribution in [2.75, 3.05) is 5.75 Å². The molecule has 2 aromatic carbocycles. The minimum atomic E-state index is -0.202. The fourth-order valence-corrected chi connectivity index (χ4v) is 3.48. The minimum Gasteiger partial charge on any atom is -0.274 e. The summed E-state index contributed by atoms with van der Waals surface area (Å²) in [5, 5.41) is 9.40. The Kier molecular flexibility index (Phi) is 5.50. The van der Waals surface area contributed by atoms with Crippen molar-refractivity contribution in [1.29, 1.82) is 0 Å². The van der Waals surface area contributed by atoms with Crippen LogP contribution in [0.2, 0.25) is 0 Å². The maximum absolute atomic E-state index is 12.1. The Morgan fingerprint density at radius 1 is 1.07 bits per heavy atom. The van der Waals surface area contributed by atoms with Gasteiger partial charge in [0.15, 0.2) is 5.16 Å². The quantitative estimate of drug-likeness (QED) is 0.479. The summed E-state index contributed by atoms with van der Waals surface area (Å²) < 4.78 is 2.06. The average Bonchev–Trinajstić information content (AvgIpc) is 3.47. The van der Waals surface area contributed by atoms with Gasteiger partial charge in [0.1, 0.15) is 5.82 Å². The molecule has 1 aliphatic rings. The third kappa shape index (κ3) is 4.56. The first-order valence-corrected chi connectivity index (χ1v) is 9.88. The molecule has 1 N–H and O–H groups in total. The van der Waals surface area contributed by atoms with Crippen molar-refractivity contribution in [2.45, 2.75) is 30.5 Å². The van der Waals surface area contributed by atoms with E-state index < -0.39 is 0 Å². The minimum absolute atomic E-state index is 0.202. The van der Waals surface area contributed by atoms with Crippen molar-refractivity contribution in [1.82, 2.24) is 20.2 Å². The number of thioether (sulfide) groups is 1. The van der Waals surface area contributed by atoms with E-state index in [2.05, 4.69) is 20.2 Å². The zero-order chi connectivity index (χ0) is 18.5. The van der Waals surface area contributed by atoms with Crippen LogP contribution in [0, 0.1) is 0 Å². The number of amides is 1. The van der Waals surface area contributed by atoms with E-state index in [1.54, 1.807) is 0 Å². The third-order valence-electron chi connectivity index (χ3n) is 4.22. The van der Waals surface area contributed by atoms with E-state index in [1.165, 1.54) is 11.8 Å². The zero-order valence-electron chi connectivity index (χ0n) is 14.7. The average molecular weight is 380 g/mol. The van der Waals surface area contributed by atoms with E-state index in [0.29, 0.717) is 12.5 Å². The molecule has 1 aromatic heterocycles. The molecule has 0 radical (unpaired) electrons. The van der Waals surface area contributed by atoms with Crippen LogP contribution in [-0.2, 0) is 16.2 Å². The Labute approximate surface area is 161 Å². The molecule has 1 aliphatic carbocycles. The molecule has 0 aliphatic heterocycles. The highest BCUT2D eigenvalue weighted by Crippen LogP contribution is 2.41. The van der Waals surface area contributed by atoms with Crippen LogP contribution in [0.5, 0.6) is 0 Å². The topological polar surface area (TPSA) is 69.0 Å². The van der Waals surface area contributed by atoms with Gasteiger partial charge in [-0.3, -0.25) is 14.2 Å². The van der Waals surface area contributed by atoms with Gasteiger partial charge in [-0.1, -0.05) is 60.3 Å². The number of nitrogens with zero attached hydrogens (tertiary/aromatic N) is 3. The van der Waals surface area contributed by atoms with Crippen molar-refractivity contribution >= 4 is 17.7 Å². The summed E-state index contributed by atoms with van der Waals surface area (Å²) in [6.07, 6.45) is 2.28. The molecule has 0 atom stereocenters. The number of hydrogen-bond donors (Lipinski definition) is 1. The van der Waals surface area contributed by atoms with Gasteiger partial charge < -0.3 is 0 Å². The van der Waals surface area contributed by atoms with Crippen molar-refractivity contribution in [3.8, 4) is 5.69 Å². The fourth-order valence-electron chi connectivity index (χ4n) is 2.73.